The van der Waals surface area contributed by atoms with Crippen molar-refractivity contribution in [2.24, 2.45) is 5.41 Å². The fourth-order valence-corrected chi connectivity index (χ4v) is 4.87. The molecule has 0 amide bonds. The molecule has 1 aliphatic carbocycles. The molecular formula is C23H20ClN3O3. The summed E-state index contributed by atoms with van der Waals surface area (Å²) >= 11 is 6.48. The van der Waals surface area contributed by atoms with Crippen molar-refractivity contribution in [2.75, 3.05) is 0 Å². The van der Waals surface area contributed by atoms with E-state index in [1.165, 1.54) is 9.36 Å². The van der Waals surface area contributed by atoms with Crippen molar-refractivity contribution >= 4 is 23.1 Å². The Labute approximate surface area is 177 Å². The molecule has 0 saturated heterocycles. The molecular weight excluding hydrogens is 402 g/mol. The highest BCUT2D eigenvalue weighted by molar-refractivity contribution is 6.31. The van der Waals surface area contributed by atoms with Gasteiger partial charge < -0.3 is 0 Å². The molecule has 3 aromatic rings. The maximum Gasteiger partial charge on any atom is 0.356 e. The monoisotopic (exact) mass is 421 g/mol. The molecule has 0 N–H and O–H groups in total. The number of aromatic nitrogens is 3. The van der Waals surface area contributed by atoms with Crippen molar-refractivity contribution in [3.05, 3.63) is 91.7 Å². The normalized spacial score (nSPS) is 19.7. The number of ketones is 1. The van der Waals surface area contributed by atoms with Crippen LogP contribution in [0.5, 0.6) is 0 Å². The molecule has 1 atom stereocenters. The summed E-state index contributed by atoms with van der Waals surface area (Å²) in [5, 5.41) is 0.451. The lowest BCUT2D eigenvalue weighted by molar-refractivity contribution is -0.118. The second-order valence-corrected chi connectivity index (χ2v) is 9.03. The van der Waals surface area contributed by atoms with E-state index in [0.29, 0.717) is 40.4 Å². The summed E-state index contributed by atoms with van der Waals surface area (Å²) < 4.78 is 3.93. The van der Waals surface area contributed by atoms with Crippen molar-refractivity contribution in [3.63, 3.8) is 0 Å². The van der Waals surface area contributed by atoms with Gasteiger partial charge in [-0.05, 0) is 30.0 Å². The largest absolute Gasteiger partial charge is 0.356 e. The van der Waals surface area contributed by atoms with Crippen LogP contribution < -0.4 is 11.4 Å². The van der Waals surface area contributed by atoms with Crippen LogP contribution in [0.3, 0.4) is 0 Å². The zero-order valence-electron chi connectivity index (χ0n) is 16.6. The Morgan fingerprint density at radius 3 is 2.27 bits per heavy atom. The number of benzene rings is 2. The number of carbonyl (C=O) groups excluding carboxylic acids is 1. The SMILES string of the molecule is CC1(C)CC(=O)C2=C(C1)n1c(=O)n(-c3ccccc3)c(=O)n1C2c1ccccc1Cl. The van der Waals surface area contributed by atoms with Crippen LogP contribution >= 0.6 is 11.6 Å². The summed E-state index contributed by atoms with van der Waals surface area (Å²) in [6.07, 6.45) is 0.881. The minimum Gasteiger partial charge on any atom is -0.294 e. The van der Waals surface area contributed by atoms with Crippen LogP contribution in [0.2, 0.25) is 5.02 Å². The van der Waals surface area contributed by atoms with Gasteiger partial charge in [-0.25, -0.2) is 23.5 Å². The summed E-state index contributed by atoms with van der Waals surface area (Å²) in [6.45, 7) is 4.00. The van der Waals surface area contributed by atoms with Crippen LogP contribution in [0.1, 0.15) is 38.3 Å². The highest BCUT2D eigenvalue weighted by atomic mass is 35.5. The van der Waals surface area contributed by atoms with Gasteiger partial charge in [0.15, 0.2) is 5.78 Å². The fourth-order valence-electron chi connectivity index (χ4n) is 4.63. The van der Waals surface area contributed by atoms with Gasteiger partial charge in [0.2, 0.25) is 0 Å². The summed E-state index contributed by atoms with van der Waals surface area (Å²) in [5.74, 6) is -0.0487. The Bertz CT molecular complexity index is 1340. The van der Waals surface area contributed by atoms with Gasteiger partial charge in [0.25, 0.3) is 0 Å². The van der Waals surface area contributed by atoms with Gasteiger partial charge in [-0.2, -0.15) is 0 Å². The summed E-state index contributed by atoms with van der Waals surface area (Å²) in [7, 11) is 0. The Morgan fingerprint density at radius 2 is 1.57 bits per heavy atom. The molecule has 0 bridgehead atoms. The van der Waals surface area contributed by atoms with Crippen molar-refractivity contribution in [2.45, 2.75) is 32.7 Å². The zero-order chi connectivity index (χ0) is 21.2. The molecule has 2 heterocycles. The standard InChI is InChI=1S/C23H20ClN3O3/c1-23(2)12-17-19(18(28)13-23)20(15-10-6-7-11-16(15)24)27-22(30)25(21(29)26(17)27)14-8-4-3-5-9-14/h3-11,20H,12-13H2,1-2H3. The smallest absolute Gasteiger partial charge is 0.294 e. The van der Waals surface area contributed by atoms with E-state index in [9.17, 15) is 14.4 Å². The third-order valence-corrected chi connectivity index (χ3v) is 6.20. The number of hydrogen-bond donors (Lipinski definition) is 0. The Balaban J connectivity index is 1.87. The molecule has 2 aromatic carbocycles. The predicted octanol–water partition coefficient (Wildman–Crippen LogP) is 3.66. The molecule has 1 aliphatic heterocycles. The first-order chi connectivity index (χ1) is 14.3. The molecule has 152 valence electrons. The lowest BCUT2D eigenvalue weighted by atomic mass is 9.74. The van der Waals surface area contributed by atoms with E-state index in [-0.39, 0.29) is 11.2 Å². The molecule has 6 nitrogen and oxygen atoms in total. The van der Waals surface area contributed by atoms with Crippen molar-refractivity contribution in [3.8, 4) is 5.69 Å². The molecule has 0 fully saturated rings. The maximum absolute atomic E-state index is 13.5. The average molecular weight is 422 g/mol. The van der Waals surface area contributed by atoms with Crippen LogP contribution in [-0.2, 0) is 4.79 Å². The third kappa shape index (κ3) is 2.60. The summed E-state index contributed by atoms with van der Waals surface area (Å²) in [5.41, 5.74) is 0.951. The van der Waals surface area contributed by atoms with Gasteiger partial charge in [0.1, 0.15) is 6.04 Å². The second-order valence-electron chi connectivity index (χ2n) is 8.62. The van der Waals surface area contributed by atoms with Gasteiger partial charge in [-0.1, -0.05) is 61.8 Å². The van der Waals surface area contributed by atoms with Crippen molar-refractivity contribution in [1.82, 2.24) is 13.9 Å². The van der Waals surface area contributed by atoms with Gasteiger partial charge in [-0.3, -0.25) is 4.79 Å². The van der Waals surface area contributed by atoms with Crippen LogP contribution in [0.15, 0.2) is 69.8 Å². The number of nitrogens with zero attached hydrogens (tertiary/aromatic N) is 3. The number of carbonyl (C=O) groups is 1. The first-order valence-corrected chi connectivity index (χ1v) is 10.2. The summed E-state index contributed by atoms with van der Waals surface area (Å²) in [4.78, 5) is 40.1. The van der Waals surface area contributed by atoms with Crippen molar-refractivity contribution < 1.29 is 4.79 Å². The van der Waals surface area contributed by atoms with Crippen molar-refractivity contribution in [1.29, 1.82) is 0 Å². The molecule has 1 unspecified atom stereocenters. The van der Waals surface area contributed by atoms with Gasteiger partial charge in [-0.15, -0.1) is 0 Å². The van der Waals surface area contributed by atoms with Gasteiger partial charge in [0.05, 0.1) is 11.4 Å². The number of halogens is 1. The number of rotatable bonds is 2. The summed E-state index contributed by atoms with van der Waals surface area (Å²) in [6, 6.07) is 15.2. The van der Waals surface area contributed by atoms with Crippen LogP contribution in [0, 0.1) is 5.41 Å². The minimum atomic E-state index is -0.720. The van der Waals surface area contributed by atoms with Crippen LogP contribution in [-0.4, -0.2) is 19.7 Å². The highest BCUT2D eigenvalue weighted by Gasteiger charge is 2.46. The van der Waals surface area contributed by atoms with E-state index >= 15 is 0 Å². The number of hydrogen-bond acceptors (Lipinski definition) is 3. The molecule has 5 rings (SSSR count). The predicted molar refractivity (Wildman–Crippen MR) is 115 cm³/mol. The van der Waals surface area contributed by atoms with E-state index in [1.54, 1.807) is 42.5 Å². The minimum absolute atomic E-state index is 0.0487. The quantitative estimate of drug-likeness (QED) is 0.634. The second kappa shape index (κ2) is 6.44. The van der Waals surface area contributed by atoms with Gasteiger partial charge >= 0.3 is 11.4 Å². The van der Waals surface area contributed by atoms with Crippen LogP contribution in [0.4, 0.5) is 0 Å². The van der Waals surface area contributed by atoms with Gasteiger partial charge in [0, 0.05) is 22.6 Å². The molecule has 1 aromatic heterocycles. The Kier molecular flexibility index (Phi) is 4.05. The van der Waals surface area contributed by atoms with E-state index in [4.69, 9.17) is 11.6 Å². The lowest BCUT2D eigenvalue weighted by Gasteiger charge is -2.30. The number of allylic oxidation sites excluding steroid dienone is 2. The topological polar surface area (TPSA) is 66.0 Å². The Morgan fingerprint density at radius 1 is 0.900 bits per heavy atom. The lowest BCUT2D eigenvalue weighted by Crippen LogP contribution is -2.33. The zero-order valence-corrected chi connectivity index (χ0v) is 17.4. The molecule has 0 radical (unpaired) electrons. The number of fused-ring (bicyclic) bond motifs is 2. The first-order valence-electron chi connectivity index (χ1n) is 9.83. The third-order valence-electron chi connectivity index (χ3n) is 5.86. The number of Topliss-reactive ketones (excluding diaryl/α,β-unsaturated/α-hetero) is 1. The number of para-hydroxylation sites is 1. The fraction of sp³-hybridized carbons (Fsp3) is 0.261. The molecule has 0 saturated carbocycles. The maximum atomic E-state index is 13.5. The highest BCUT2D eigenvalue weighted by Crippen LogP contribution is 2.47. The first kappa shape index (κ1) is 18.9. The molecule has 7 heteroatoms. The van der Waals surface area contributed by atoms with E-state index in [2.05, 4.69) is 0 Å². The molecule has 2 aliphatic rings. The van der Waals surface area contributed by atoms with E-state index < -0.39 is 17.4 Å². The van der Waals surface area contributed by atoms with Crippen LogP contribution in [0.25, 0.3) is 11.4 Å². The van der Waals surface area contributed by atoms with E-state index in [1.807, 2.05) is 26.0 Å². The van der Waals surface area contributed by atoms with E-state index in [0.717, 1.165) is 4.57 Å². The Hall–Kier alpha value is -3.12. The molecule has 0 spiro atoms. The average Bonchev–Trinajstić information content (AvgIpc) is 3.15. The molecule has 30 heavy (non-hydrogen) atoms.